The standard InChI is InChI=1S/C13H25N/c1-9(2)12(7)13(10(3)4)14(8)11(5)6/h9-10,13H,5,7H2,1-4,6,8H3. The molecule has 1 nitrogen and oxygen atoms in total. The maximum absolute atomic E-state index is 4.20. The molecule has 0 aliphatic heterocycles. The highest BCUT2D eigenvalue weighted by Crippen LogP contribution is 2.24. The first-order chi connectivity index (χ1) is 6.29. The molecular weight excluding hydrogens is 170 g/mol. The van der Waals surface area contributed by atoms with Crippen LogP contribution in [0.5, 0.6) is 0 Å². The highest BCUT2D eigenvalue weighted by Gasteiger charge is 2.22. The van der Waals surface area contributed by atoms with Crippen LogP contribution in [-0.4, -0.2) is 18.0 Å². The summed E-state index contributed by atoms with van der Waals surface area (Å²) in [5.41, 5.74) is 2.40. The molecule has 0 N–H and O–H groups in total. The monoisotopic (exact) mass is 195 g/mol. The van der Waals surface area contributed by atoms with Gasteiger partial charge in [0.1, 0.15) is 0 Å². The van der Waals surface area contributed by atoms with Crippen molar-refractivity contribution in [3.05, 3.63) is 24.4 Å². The SMILES string of the molecule is C=C(C(C)C)C(C(C)C)N(C)C(=C)C. The predicted molar refractivity (Wildman–Crippen MR) is 65.2 cm³/mol. The van der Waals surface area contributed by atoms with Gasteiger partial charge in [-0.05, 0) is 18.8 Å². The van der Waals surface area contributed by atoms with Crippen molar-refractivity contribution in [1.82, 2.24) is 4.90 Å². The number of allylic oxidation sites excluding steroid dienone is 1. The van der Waals surface area contributed by atoms with E-state index in [1.54, 1.807) is 0 Å². The van der Waals surface area contributed by atoms with Crippen LogP contribution < -0.4 is 0 Å². The van der Waals surface area contributed by atoms with Crippen molar-refractivity contribution >= 4 is 0 Å². The largest absolute Gasteiger partial charge is 0.372 e. The molecule has 0 aliphatic rings. The van der Waals surface area contributed by atoms with Crippen LogP contribution in [0.4, 0.5) is 0 Å². The second-order valence-electron chi connectivity index (χ2n) is 4.76. The topological polar surface area (TPSA) is 3.24 Å². The molecule has 0 spiro atoms. The third kappa shape index (κ3) is 3.21. The van der Waals surface area contributed by atoms with Crippen LogP contribution in [0.25, 0.3) is 0 Å². The minimum absolute atomic E-state index is 0.410. The van der Waals surface area contributed by atoms with Gasteiger partial charge in [0.15, 0.2) is 0 Å². The Morgan fingerprint density at radius 1 is 1.07 bits per heavy atom. The van der Waals surface area contributed by atoms with Gasteiger partial charge in [-0.25, -0.2) is 0 Å². The quantitative estimate of drug-likeness (QED) is 0.605. The maximum atomic E-state index is 4.20. The third-order valence-electron chi connectivity index (χ3n) is 2.77. The maximum Gasteiger partial charge on any atom is 0.0518 e. The molecule has 0 aromatic rings. The van der Waals surface area contributed by atoms with Crippen LogP contribution in [-0.2, 0) is 0 Å². The van der Waals surface area contributed by atoms with Crippen LogP contribution in [0.1, 0.15) is 34.6 Å². The second-order valence-corrected chi connectivity index (χ2v) is 4.76. The lowest BCUT2D eigenvalue weighted by molar-refractivity contribution is 0.264. The number of hydrogen-bond donors (Lipinski definition) is 0. The van der Waals surface area contributed by atoms with Crippen LogP contribution >= 0.6 is 0 Å². The zero-order valence-electron chi connectivity index (χ0n) is 10.6. The van der Waals surface area contributed by atoms with Crippen LogP contribution in [0, 0.1) is 11.8 Å². The molecule has 0 radical (unpaired) electrons. The molecule has 0 heterocycles. The highest BCUT2D eigenvalue weighted by molar-refractivity contribution is 5.12. The molecule has 0 aromatic heterocycles. The van der Waals surface area contributed by atoms with Crippen LogP contribution in [0.2, 0.25) is 0 Å². The van der Waals surface area contributed by atoms with E-state index in [1.807, 2.05) is 6.92 Å². The molecule has 0 amide bonds. The molecule has 0 saturated carbocycles. The van der Waals surface area contributed by atoms with Gasteiger partial charge in [-0.3, -0.25) is 0 Å². The zero-order valence-corrected chi connectivity index (χ0v) is 10.6. The van der Waals surface area contributed by atoms with Gasteiger partial charge in [-0.2, -0.15) is 0 Å². The summed E-state index contributed by atoms with van der Waals surface area (Å²) < 4.78 is 0. The van der Waals surface area contributed by atoms with E-state index in [-0.39, 0.29) is 0 Å². The first kappa shape index (κ1) is 13.3. The minimum atomic E-state index is 0.410. The van der Waals surface area contributed by atoms with Gasteiger partial charge in [0, 0.05) is 12.7 Å². The smallest absolute Gasteiger partial charge is 0.0518 e. The van der Waals surface area contributed by atoms with Crippen molar-refractivity contribution in [3.8, 4) is 0 Å². The summed E-state index contributed by atoms with van der Waals surface area (Å²) in [5, 5.41) is 0. The fourth-order valence-corrected chi connectivity index (χ4v) is 1.70. The Balaban J connectivity index is 4.77. The van der Waals surface area contributed by atoms with Gasteiger partial charge < -0.3 is 4.90 Å². The molecule has 0 saturated heterocycles. The average Bonchev–Trinajstić information content (AvgIpc) is 2.03. The molecule has 0 aliphatic carbocycles. The van der Waals surface area contributed by atoms with Gasteiger partial charge in [0.2, 0.25) is 0 Å². The Kier molecular flexibility index (Phi) is 4.96. The molecule has 0 bridgehead atoms. The molecular formula is C13H25N. The lowest BCUT2D eigenvalue weighted by atomic mass is 9.88. The van der Waals surface area contributed by atoms with Crippen LogP contribution in [0.3, 0.4) is 0 Å². The fraction of sp³-hybridized carbons (Fsp3) is 0.692. The average molecular weight is 195 g/mol. The Hall–Kier alpha value is -0.720. The van der Waals surface area contributed by atoms with Crippen LogP contribution in [0.15, 0.2) is 24.4 Å². The first-order valence-corrected chi connectivity index (χ1v) is 5.36. The minimum Gasteiger partial charge on any atom is -0.372 e. The van der Waals surface area contributed by atoms with E-state index >= 15 is 0 Å². The summed E-state index contributed by atoms with van der Waals surface area (Å²) in [7, 11) is 2.10. The van der Waals surface area contributed by atoms with Gasteiger partial charge in [-0.1, -0.05) is 46.4 Å². The van der Waals surface area contributed by atoms with E-state index in [2.05, 4.69) is 52.8 Å². The zero-order chi connectivity index (χ0) is 11.5. The van der Waals surface area contributed by atoms with Crippen molar-refractivity contribution in [2.24, 2.45) is 11.8 Å². The van der Waals surface area contributed by atoms with E-state index < -0.39 is 0 Å². The molecule has 0 rings (SSSR count). The summed E-state index contributed by atoms with van der Waals surface area (Å²) in [6.45, 7) is 19.1. The Labute approximate surface area is 89.5 Å². The van der Waals surface area contributed by atoms with Crippen molar-refractivity contribution < 1.29 is 0 Å². The van der Waals surface area contributed by atoms with Crippen molar-refractivity contribution in [2.75, 3.05) is 7.05 Å². The van der Waals surface area contributed by atoms with E-state index in [1.165, 1.54) is 5.57 Å². The Morgan fingerprint density at radius 2 is 1.50 bits per heavy atom. The van der Waals surface area contributed by atoms with Crippen molar-refractivity contribution in [1.29, 1.82) is 0 Å². The second kappa shape index (κ2) is 5.23. The fourth-order valence-electron chi connectivity index (χ4n) is 1.70. The highest BCUT2D eigenvalue weighted by atomic mass is 15.1. The molecule has 1 unspecified atom stereocenters. The summed E-state index contributed by atoms with van der Waals surface area (Å²) in [5.74, 6) is 1.11. The van der Waals surface area contributed by atoms with E-state index in [0.717, 1.165) is 5.70 Å². The number of nitrogens with zero attached hydrogens (tertiary/aromatic N) is 1. The summed E-state index contributed by atoms with van der Waals surface area (Å²) >= 11 is 0. The van der Waals surface area contributed by atoms with E-state index in [0.29, 0.717) is 17.9 Å². The van der Waals surface area contributed by atoms with E-state index in [4.69, 9.17) is 0 Å². The molecule has 0 aromatic carbocycles. The molecule has 1 heteroatoms. The Morgan fingerprint density at radius 3 is 1.71 bits per heavy atom. The van der Waals surface area contributed by atoms with Gasteiger partial charge in [0.05, 0.1) is 6.04 Å². The van der Waals surface area contributed by atoms with Crippen molar-refractivity contribution in [2.45, 2.75) is 40.7 Å². The molecule has 1 atom stereocenters. The molecule has 82 valence electrons. The summed E-state index contributed by atoms with van der Waals surface area (Å²) in [4.78, 5) is 2.23. The number of rotatable bonds is 5. The normalized spacial score (nSPS) is 13.1. The molecule has 14 heavy (non-hydrogen) atoms. The lowest BCUT2D eigenvalue weighted by Gasteiger charge is -2.36. The summed E-state index contributed by atoms with van der Waals surface area (Å²) in [6.07, 6.45) is 0. The lowest BCUT2D eigenvalue weighted by Crippen LogP contribution is -2.37. The van der Waals surface area contributed by atoms with Gasteiger partial charge >= 0.3 is 0 Å². The summed E-state index contributed by atoms with van der Waals surface area (Å²) in [6, 6.07) is 0.410. The van der Waals surface area contributed by atoms with Gasteiger partial charge in [-0.15, -0.1) is 0 Å². The Bertz CT molecular complexity index is 213. The third-order valence-corrected chi connectivity index (χ3v) is 2.77. The molecule has 0 fully saturated rings. The first-order valence-electron chi connectivity index (χ1n) is 5.36. The number of likely N-dealkylation sites (N-methyl/N-ethyl adjacent to an activating group) is 1. The number of hydrogen-bond acceptors (Lipinski definition) is 1. The van der Waals surface area contributed by atoms with Gasteiger partial charge in [0.25, 0.3) is 0 Å². The predicted octanol–water partition coefficient (Wildman–Crippen LogP) is 3.69. The van der Waals surface area contributed by atoms with E-state index in [9.17, 15) is 0 Å². The van der Waals surface area contributed by atoms with Crippen molar-refractivity contribution in [3.63, 3.8) is 0 Å².